The van der Waals surface area contributed by atoms with E-state index in [0.717, 1.165) is 0 Å². The van der Waals surface area contributed by atoms with E-state index in [1.807, 2.05) is 6.07 Å². The molecule has 5 nitrogen and oxygen atoms in total. The molecule has 0 aliphatic rings. The van der Waals surface area contributed by atoms with Crippen LogP contribution in [0.2, 0.25) is 0 Å². The summed E-state index contributed by atoms with van der Waals surface area (Å²) >= 11 is 0. The lowest BCUT2D eigenvalue weighted by molar-refractivity contribution is -0.137. The molecule has 0 aromatic carbocycles. The third-order valence-electron chi connectivity index (χ3n) is 1.38. The van der Waals surface area contributed by atoms with Crippen LogP contribution < -0.4 is 0 Å². The number of hydrogen-bond donors (Lipinski definition) is 1. The van der Waals surface area contributed by atoms with E-state index in [4.69, 9.17) is 10.4 Å². The highest BCUT2D eigenvalue weighted by Crippen LogP contribution is 1.97. The van der Waals surface area contributed by atoms with E-state index in [9.17, 15) is 4.79 Å². The van der Waals surface area contributed by atoms with Gasteiger partial charge in [-0.2, -0.15) is 5.26 Å². The zero-order valence-electron chi connectivity index (χ0n) is 6.27. The van der Waals surface area contributed by atoms with Gasteiger partial charge in [0.15, 0.2) is 0 Å². The van der Waals surface area contributed by atoms with Gasteiger partial charge >= 0.3 is 5.97 Å². The molecule has 0 aliphatic heterocycles. The molecule has 1 heterocycles. The molecule has 0 fully saturated rings. The van der Waals surface area contributed by atoms with Crippen LogP contribution in [0.25, 0.3) is 0 Å². The second-order valence-corrected chi connectivity index (χ2v) is 2.20. The molecule has 62 valence electrons. The summed E-state index contributed by atoms with van der Waals surface area (Å²) in [6, 6.07) is 1.86. The van der Waals surface area contributed by atoms with Gasteiger partial charge in [-0.1, -0.05) is 0 Å². The van der Waals surface area contributed by atoms with Crippen LogP contribution in [0.4, 0.5) is 0 Å². The fourth-order valence-electron chi connectivity index (χ4n) is 0.819. The molecule has 0 radical (unpaired) electrons. The number of rotatable bonds is 3. The Morgan fingerprint density at radius 3 is 3.17 bits per heavy atom. The predicted octanol–water partition coefficient (Wildman–Crippen LogP) is 0.229. The topological polar surface area (TPSA) is 78.9 Å². The molecule has 1 N–H and O–H groups in total. The summed E-state index contributed by atoms with van der Waals surface area (Å²) < 4.78 is 1.51. The first kappa shape index (κ1) is 8.27. The van der Waals surface area contributed by atoms with Gasteiger partial charge in [0, 0.05) is 18.9 Å². The Bertz CT molecular complexity index is 324. The molecule has 0 unspecified atom stereocenters. The van der Waals surface area contributed by atoms with E-state index in [1.54, 1.807) is 6.20 Å². The highest BCUT2D eigenvalue weighted by molar-refractivity contribution is 5.66. The van der Waals surface area contributed by atoms with Gasteiger partial charge < -0.3 is 9.67 Å². The third-order valence-corrected chi connectivity index (χ3v) is 1.38. The van der Waals surface area contributed by atoms with Crippen molar-refractivity contribution in [3.05, 3.63) is 18.2 Å². The second-order valence-electron chi connectivity index (χ2n) is 2.20. The largest absolute Gasteiger partial charge is 0.481 e. The number of aromatic nitrogens is 2. The van der Waals surface area contributed by atoms with Gasteiger partial charge in [0.25, 0.3) is 0 Å². The van der Waals surface area contributed by atoms with E-state index in [2.05, 4.69) is 4.98 Å². The van der Waals surface area contributed by atoms with Gasteiger partial charge in [-0.3, -0.25) is 4.79 Å². The lowest BCUT2D eigenvalue weighted by atomic mass is 10.4. The van der Waals surface area contributed by atoms with Crippen molar-refractivity contribution in [3.8, 4) is 6.07 Å². The van der Waals surface area contributed by atoms with Crippen LogP contribution in [-0.2, 0) is 11.3 Å². The lowest BCUT2D eigenvalue weighted by Gasteiger charge is -1.98. The first-order chi connectivity index (χ1) is 5.74. The Balaban J connectivity index is 2.64. The maximum Gasteiger partial charge on any atom is 0.305 e. The van der Waals surface area contributed by atoms with E-state index < -0.39 is 5.97 Å². The lowest BCUT2D eigenvalue weighted by Crippen LogP contribution is -2.05. The van der Waals surface area contributed by atoms with Crippen molar-refractivity contribution in [3.63, 3.8) is 0 Å². The highest BCUT2D eigenvalue weighted by atomic mass is 16.4. The van der Waals surface area contributed by atoms with Crippen LogP contribution in [0, 0.1) is 11.3 Å². The van der Waals surface area contributed by atoms with Crippen molar-refractivity contribution in [1.29, 1.82) is 5.26 Å². The minimum Gasteiger partial charge on any atom is -0.481 e. The maximum atomic E-state index is 10.2. The smallest absolute Gasteiger partial charge is 0.305 e. The number of carboxylic acids is 1. The summed E-state index contributed by atoms with van der Waals surface area (Å²) in [6.07, 6.45) is 3.06. The summed E-state index contributed by atoms with van der Waals surface area (Å²) in [5.74, 6) is -0.635. The quantitative estimate of drug-likeness (QED) is 0.695. The Morgan fingerprint density at radius 1 is 1.83 bits per heavy atom. The maximum absolute atomic E-state index is 10.2. The van der Waals surface area contributed by atoms with Gasteiger partial charge in [0.05, 0.1) is 6.42 Å². The number of nitrogens with zero attached hydrogens (tertiary/aromatic N) is 3. The number of hydrogen-bond acceptors (Lipinski definition) is 3. The molecule has 0 atom stereocenters. The fraction of sp³-hybridized carbons (Fsp3) is 0.286. The normalized spacial score (nSPS) is 9.25. The molecular formula is C7H7N3O2. The average molecular weight is 165 g/mol. The molecule has 1 aromatic heterocycles. The van der Waals surface area contributed by atoms with Crippen LogP contribution in [0.1, 0.15) is 12.2 Å². The zero-order chi connectivity index (χ0) is 8.97. The first-order valence-electron chi connectivity index (χ1n) is 3.37. The summed E-state index contributed by atoms with van der Waals surface area (Å²) in [7, 11) is 0. The van der Waals surface area contributed by atoms with Gasteiger partial charge in [0.2, 0.25) is 5.82 Å². The molecule has 12 heavy (non-hydrogen) atoms. The second kappa shape index (κ2) is 3.53. The molecule has 5 heteroatoms. The van der Waals surface area contributed by atoms with Crippen LogP contribution in [-0.4, -0.2) is 20.6 Å². The Labute approximate surface area is 68.9 Å². The molecule has 1 aromatic rings. The molecule has 1 rings (SSSR count). The van der Waals surface area contributed by atoms with Gasteiger partial charge in [-0.05, 0) is 0 Å². The number of carbonyl (C=O) groups is 1. The van der Waals surface area contributed by atoms with E-state index in [1.165, 1.54) is 10.8 Å². The van der Waals surface area contributed by atoms with Gasteiger partial charge in [-0.25, -0.2) is 4.98 Å². The molecule has 0 saturated heterocycles. The van der Waals surface area contributed by atoms with Crippen LogP contribution in [0.3, 0.4) is 0 Å². The fourth-order valence-corrected chi connectivity index (χ4v) is 0.819. The van der Waals surface area contributed by atoms with Gasteiger partial charge in [0.1, 0.15) is 6.07 Å². The Morgan fingerprint density at radius 2 is 2.58 bits per heavy atom. The molecule has 0 aliphatic carbocycles. The SMILES string of the molecule is N#Cc1nccn1CCC(=O)O. The monoisotopic (exact) mass is 165 g/mol. The zero-order valence-corrected chi connectivity index (χ0v) is 6.27. The number of aryl methyl sites for hydroxylation is 1. The first-order valence-corrected chi connectivity index (χ1v) is 3.37. The average Bonchev–Trinajstić information content (AvgIpc) is 2.47. The third kappa shape index (κ3) is 1.83. The molecular weight excluding hydrogens is 158 g/mol. The number of nitriles is 1. The Hall–Kier alpha value is -1.83. The van der Waals surface area contributed by atoms with Crippen LogP contribution >= 0.6 is 0 Å². The molecule has 0 bridgehead atoms. The summed E-state index contributed by atoms with van der Waals surface area (Å²) in [4.78, 5) is 13.9. The van der Waals surface area contributed by atoms with Gasteiger partial charge in [-0.15, -0.1) is 0 Å². The number of aliphatic carboxylic acids is 1. The van der Waals surface area contributed by atoms with E-state index in [-0.39, 0.29) is 18.8 Å². The minimum atomic E-state index is -0.882. The van der Waals surface area contributed by atoms with Crippen molar-refractivity contribution in [1.82, 2.24) is 9.55 Å². The van der Waals surface area contributed by atoms with E-state index >= 15 is 0 Å². The van der Waals surface area contributed by atoms with E-state index in [0.29, 0.717) is 0 Å². The number of imidazole rings is 1. The molecule has 0 amide bonds. The number of carboxylic acid groups (broad SMARTS) is 1. The minimum absolute atomic E-state index is 0.00500. The summed E-state index contributed by atoms with van der Waals surface area (Å²) in [6.45, 7) is 0.290. The molecule has 0 saturated carbocycles. The summed E-state index contributed by atoms with van der Waals surface area (Å²) in [5, 5.41) is 16.9. The van der Waals surface area contributed by atoms with Crippen LogP contribution in [0.15, 0.2) is 12.4 Å². The summed E-state index contributed by atoms with van der Waals surface area (Å²) in [5.41, 5.74) is 0. The van der Waals surface area contributed by atoms with Crippen molar-refractivity contribution in [2.24, 2.45) is 0 Å². The molecule has 0 spiro atoms. The van der Waals surface area contributed by atoms with Crippen molar-refractivity contribution >= 4 is 5.97 Å². The van der Waals surface area contributed by atoms with Crippen molar-refractivity contribution < 1.29 is 9.90 Å². The Kier molecular flexibility index (Phi) is 2.43. The highest BCUT2D eigenvalue weighted by Gasteiger charge is 2.02. The standard InChI is InChI=1S/C7H7N3O2/c8-5-6-9-2-4-10(6)3-1-7(11)12/h2,4H,1,3H2,(H,11,12). The van der Waals surface area contributed by atoms with Crippen molar-refractivity contribution in [2.75, 3.05) is 0 Å². The van der Waals surface area contributed by atoms with Crippen LogP contribution in [0.5, 0.6) is 0 Å². The predicted molar refractivity (Wildman–Crippen MR) is 39.2 cm³/mol. The van der Waals surface area contributed by atoms with Crippen molar-refractivity contribution in [2.45, 2.75) is 13.0 Å².